The Morgan fingerprint density at radius 1 is 1.37 bits per heavy atom. The quantitative estimate of drug-likeness (QED) is 0.746. The van der Waals surface area contributed by atoms with Gasteiger partial charge in [0.2, 0.25) is 5.91 Å². The fraction of sp³-hybridized carbons (Fsp3) is 0.526. The number of terminal acetylenes is 1. The van der Waals surface area contributed by atoms with Gasteiger partial charge in [-0.1, -0.05) is 0 Å². The molecule has 0 aromatic carbocycles. The van der Waals surface area contributed by atoms with Crippen LogP contribution in [0.15, 0.2) is 28.7 Å². The number of nitrogens with zero attached hydrogens (tertiary/aromatic N) is 4. The van der Waals surface area contributed by atoms with Gasteiger partial charge in [-0.3, -0.25) is 14.6 Å². The van der Waals surface area contributed by atoms with Crippen molar-refractivity contribution in [3.8, 4) is 12.3 Å². The molecule has 0 spiro atoms. The molecule has 142 valence electrons. The van der Waals surface area contributed by atoms with Crippen LogP contribution in [-0.4, -0.2) is 46.5 Å². The number of hydrogen-bond donors (Lipinski definition) is 1. The Labute approximate surface area is 157 Å². The van der Waals surface area contributed by atoms with E-state index in [1.54, 1.807) is 0 Å². The first-order chi connectivity index (χ1) is 13.1. The van der Waals surface area contributed by atoms with Crippen LogP contribution >= 0.6 is 0 Å². The largest absolute Gasteiger partial charge is 0.354 e. The Morgan fingerprint density at radius 3 is 2.89 bits per heavy atom. The van der Waals surface area contributed by atoms with Gasteiger partial charge in [0.25, 0.3) is 5.91 Å². The molecular weight excluding hydrogens is 349 g/mol. The predicted molar refractivity (Wildman–Crippen MR) is 96.2 cm³/mol. The van der Waals surface area contributed by atoms with Crippen molar-refractivity contribution in [2.45, 2.75) is 50.2 Å². The van der Waals surface area contributed by atoms with Crippen LogP contribution in [0.3, 0.4) is 0 Å². The Hall–Kier alpha value is -2.82. The van der Waals surface area contributed by atoms with Gasteiger partial charge in [0, 0.05) is 38.5 Å². The summed E-state index contributed by atoms with van der Waals surface area (Å²) in [6.45, 7) is 0.827. The van der Waals surface area contributed by atoms with E-state index in [2.05, 4.69) is 26.4 Å². The van der Waals surface area contributed by atoms with Crippen molar-refractivity contribution in [3.63, 3.8) is 0 Å². The summed E-state index contributed by atoms with van der Waals surface area (Å²) in [5.74, 6) is 1.18. The van der Waals surface area contributed by atoms with Crippen molar-refractivity contribution in [2.75, 3.05) is 13.1 Å². The zero-order chi connectivity index (χ0) is 19.3. The topological polar surface area (TPSA) is 87.0 Å². The number of likely N-dealkylation sites (tertiary alicyclic amines) is 1. The highest BCUT2D eigenvalue weighted by Gasteiger charge is 2.39. The van der Waals surface area contributed by atoms with Gasteiger partial charge in [-0.05, 0) is 25.3 Å². The van der Waals surface area contributed by atoms with Gasteiger partial charge in [0.1, 0.15) is 6.04 Å². The highest BCUT2D eigenvalue weighted by molar-refractivity contribution is 5.97. The van der Waals surface area contributed by atoms with Gasteiger partial charge in [0.15, 0.2) is 11.5 Å². The van der Waals surface area contributed by atoms with Gasteiger partial charge in [0.05, 0.1) is 11.8 Å². The molecule has 0 saturated carbocycles. The third kappa shape index (κ3) is 4.48. The maximum Gasteiger partial charge on any atom is 0.257 e. The SMILES string of the molecule is C#CCCC1(CCNC(=O)C2CCCCN2C(=O)c2ccncc2F)N=N1. The lowest BCUT2D eigenvalue weighted by Gasteiger charge is -2.34. The van der Waals surface area contributed by atoms with Crippen molar-refractivity contribution >= 4 is 11.8 Å². The van der Waals surface area contributed by atoms with Crippen molar-refractivity contribution in [1.82, 2.24) is 15.2 Å². The summed E-state index contributed by atoms with van der Waals surface area (Å²) in [4.78, 5) is 30.5. The minimum atomic E-state index is -0.681. The molecule has 3 rings (SSSR count). The van der Waals surface area contributed by atoms with Crippen LogP contribution in [0.25, 0.3) is 0 Å². The number of carbonyl (C=O) groups is 2. The third-order valence-electron chi connectivity index (χ3n) is 4.95. The van der Waals surface area contributed by atoms with E-state index in [1.165, 1.54) is 17.2 Å². The smallest absolute Gasteiger partial charge is 0.257 e. The normalized spacial score (nSPS) is 20.0. The second-order valence-electron chi connectivity index (χ2n) is 6.79. The lowest BCUT2D eigenvalue weighted by molar-refractivity contribution is -0.126. The van der Waals surface area contributed by atoms with Crippen molar-refractivity contribution in [2.24, 2.45) is 10.2 Å². The molecular formula is C19H22FN5O2. The second-order valence-corrected chi connectivity index (χ2v) is 6.79. The van der Waals surface area contributed by atoms with Gasteiger partial charge < -0.3 is 10.2 Å². The molecule has 27 heavy (non-hydrogen) atoms. The Morgan fingerprint density at radius 2 is 2.19 bits per heavy atom. The number of piperidine rings is 1. The van der Waals surface area contributed by atoms with Crippen LogP contribution in [-0.2, 0) is 4.79 Å². The minimum Gasteiger partial charge on any atom is -0.354 e. The van der Waals surface area contributed by atoms with E-state index in [9.17, 15) is 14.0 Å². The number of nitrogens with one attached hydrogen (secondary N) is 1. The van der Waals surface area contributed by atoms with Crippen LogP contribution in [0, 0.1) is 18.2 Å². The van der Waals surface area contributed by atoms with Crippen LogP contribution < -0.4 is 5.32 Å². The minimum absolute atomic E-state index is 0.0616. The lowest BCUT2D eigenvalue weighted by atomic mass is 9.99. The summed E-state index contributed by atoms with van der Waals surface area (Å²) in [5, 5.41) is 10.9. The average molecular weight is 371 g/mol. The molecule has 1 aromatic rings. The standard InChI is InChI=1S/C19H22FN5O2/c1-2-3-8-19(23-24-19)9-11-22-17(26)16-6-4-5-12-25(16)18(27)14-7-10-21-13-15(14)20/h1,7,10,13,16H,3-6,8-9,11-12H2,(H,22,26). The predicted octanol–water partition coefficient (Wildman–Crippen LogP) is 2.30. The first-order valence-electron chi connectivity index (χ1n) is 9.12. The highest BCUT2D eigenvalue weighted by atomic mass is 19.1. The molecule has 2 aliphatic heterocycles. The maximum absolute atomic E-state index is 13.9. The van der Waals surface area contributed by atoms with Crippen molar-refractivity contribution in [1.29, 1.82) is 0 Å². The summed E-state index contributed by atoms with van der Waals surface area (Å²) in [5.41, 5.74) is -0.518. The highest BCUT2D eigenvalue weighted by Crippen LogP contribution is 2.36. The van der Waals surface area contributed by atoms with E-state index in [0.717, 1.165) is 19.0 Å². The third-order valence-corrected chi connectivity index (χ3v) is 4.95. The zero-order valence-electron chi connectivity index (χ0n) is 15.0. The van der Waals surface area contributed by atoms with E-state index >= 15 is 0 Å². The number of rotatable bonds is 7. The Balaban J connectivity index is 1.58. The molecule has 2 aliphatic rings. The number of carbonyl (C=O) groups excluding carboxylic acids is 2. The number of halogens is 1. The summed E-state index contributed by atoms with van der Waals surface area (Å²) >= 11 is 0. The lowest BCUT2D eigenvalue weighted by Crippen LogP contribution is -2.52. The van der Waals surface area contributed by atoms with Gasteiger partial charge in [-0.15, -0.1) is 12.3 Å². The molecule has 0 bridgehead atoms. The summed E-state index contributed by atoms with van der Waals surface area (Å²) in [6.07, 6.45) is 11.7. The van der Waals surface area contributed by atoms with Gasteiger partial charge in [-0.25, -0.2) is 4.39 Å². The summed E-state index contributed by atoms with van der Waals surface area (Å²) < 4.78 is 13.9. The average Bonchev–Trinajstić information content (AvgIpc) is 3.46. The van der Waals surface area contributed by atoms with Crippen LogP contribution in [0.4, 0.5) is 4.39 Å². The molecule has 0 radical (unpaired) electrons. The van der Waals surface area contributed by atoms with E-state index in [1.807, 2.05) is 0 Å². The molecule has 8 heteroatoms. The number of pyridine rings is 1. The molecule has 1 saturated heterocycles. The van der Waals surface area contributed by atoms with Gasteiger partial charge in [-0.2, -0.15) is 10.2 Å². The molecule has 1 aromatic heterocycles. The van der Waals surface area contributed by atoms with E-state index in [0.29, 0.717) is 38.8 Å². The van der Waals surface area contributed by atoms with Crippen molar-refractivity contribution < 1.29 is 14.0 Å². The molecule has 1 unspecified atom stereocenters. The first-order valence-corrected chi connectivity index (χ1v) is 9.12. The molecule has 1 atom stereocenters. The molecule has 0 aliphatic carbocycles. The van der Waals surface area contributed by atoms with Crippen LogP contribution in [0.5, 0.6) is 0 Å². The molecule has 2 amide bonds. The maximum atomic E-state index is 13.9. The molecule has 1 fully saturated rings. The fourth-order valence-corrected chi connectivity index (χ4v) is 3.32. The number of aromatic nitrogens is 1. The van der Waals surface area contributed by atoms with Crippen LogP contribution in [0.1, 0.15) is 48.9 Å². The molecule has 3 heterocycles. The number of hydrogen-bond acceptors (Lipinski definition) is 5. The van der Waals surface area contributed by atoms with E-state index in [-0.39, 0.29) is 11.5 Å². The first kappa shape index (κ1) is 19.0. The summed E-state index contributed by atoms with van der Waals surface area (Å²) in [6, 6.07) is 0.737. The Bertz CT molecular complexity index is 783. The van der Waals surface area contributed by atoms with E-state index in [4.69, 9.17) is 6.42 Å². The zero-order valence-corrected chi connectivity index (χ0v) is 15.0. The summed E-state index contributed by atoms with van der Waals surface area (Å²) in [7, 11) is 0. The van der Waals surface area contributed by atoms with Gasteiger partial charge >= 0.3 is 0 Å². The molecule has 7 nitrogen and oxygen atoms in total. The number of amides is 2. The monoisotopic (exact) mass is 371 g/mol. The Kier molecular flexibility index (Phi) is 5.79. The molecule has 1 N–H and O–H groups in total. The second kappa shape index (κ2) is 8.25. The van der Waals surface area contributed by atoms with Crippen LogP contribution in [0.2, 0.25) is 0 Å². The van der Waals surface area contributed by atoms with E-state index < -0.39 is 23.4 Å². The fourth-order valence-electron chi connectivity index (χ4n) is 3.32. The van der Waals surface area contributed by atoms with Crippen molar-refractivity contribution in [3.05, 3.63) is 29.8 Å².